The van der Waals surface area contributed by atoms with Gasteiger partial charge in [-0.25, -0.2) is 8.42 Å². The monoisotopic (exact) mass is 305 g/mol. The molecule has 0 fully saturated rings. The molecule has 0 radical (unpaired) electrons. The Morgan fingerprint density at radius 1 is 1.21 bits per heavy atom. The van der Waals surface area contributed by atoms with Crippen LogP contribution in [0.3, 0.4) is 0 Å². The fourth-order valence-corrected chi connectivity index (χ4v) is 3.54. The number of benzene rings is 1. The van der Waals surface area contributed by atoms with Gasteiger partial charge in [0.1, 0.15) is 0 Å². The molecule has 0 aromatic heterocycles. The van der Waals surface area contributed by atoms with Crippen LogP contribution in [-0.2, 0) is 16.4 Å². The minimum Gasteiger partial charge on any atom is -0.395 e. The summed E-state index contributed by atoms with van der Waals surface area (Å²) in [5.74, 6) is 0.512. The number of aliphatic hydroxyl groups excluding tert-OH is 1. The molecule has 0 bridgehead atoms. The van der Waals surface area contributed by atoms with E-state index in [0.717, 1.165) is 12.0 Å². The highest BCUT2D eigenvalue weighted by molar-refractivity contribution is 7.89. The standard InChI is InChI=1S/C13H20ClNO3S/c1-2-9-15(10-11-16)19(17,18)13-5-3-12(4-6-13)7-8-14/h3-6,16H,2,7-11H2,1H3. The van der Waals surface area contributed by atoms with Crippen molar-refractivity contribution in [2.24, 2.45) is 0 Å². The lowest BCUT2D eigenvalue weighted by Gasteiger charge is -2.20. The molecule has 108 valence electrons. The zero-order valence-corrected chi connectivity index (χ0v) is 12.6. The van der Waals surface area contributed by atoms with Gasteiger partial charge in [-0.2, -0.15) is 4.31 Å². The molecule has 0 saturated carbocycles. The van der Waals surface area contributed by atoms with Crippen LogP contribution in [0.5, 0.6) is 0 Å². The molecular weight excluding hydrogens is 286 g/mol. The van der Waals surface area contributed by atoms with E-state index in [-0.39, 0.29) is 18.0 Å². The fourth-order valence-electron chi connectivity index (χ4n) is 1.80. The first-order chi connectivity index (χ1) is 9.06. The van der Waals surface area contributed by atoms with Gasteiger partial charge in [-0.05, 0) is 30.5 Å². The summed E-state index contributed by atoms with van der Waals surface area (Å²) >= 11 is 5.64. The molecule has 1 N–H and O–H groups in total. The summed E-state index contributed by atoms with van der Waals surface area (Å²) in [6, 6.07) is 6.74. The molecular formula is C13H20ClNO3S. The molecule has 0 amide bonds. The van der Waals surface area contributed by atoms with E-state index >= 15 is 0 Å². The van der Waals surface area contributed by atoms with Crippen molar-refractivity contribution < 1.29 is 13.5 Å². The molecule has 0 aliphatic heterocycles. The van der Waals surface area contributed by atoms with Crippen molar-refractivity contribution in [3.05, 3.63) is 29.8 Å². The Hall–Kier alpha value is -0.620. The number of hydrogen-bond acceptors (Lipinski definition) is 3. The summed E-state index contributed by atoms with van der Waals surface area (Å²) in [4.78, 5) is 0.257. The van der Waals surface area contributed by atoms with Gasteiger partial charge in [0.25, 0.3) is 0 Å². The Labute approximate surface area is 120 Å². The van der Waals surface area contributed by atoms with Gasteiger partial charge >= 0.3 is 0 Å². The van der Waals surface area contributed by atoms with Crippen LogP contribution in [0, 0.1) is 0 Å². The molecule has 1 aromatic rings. The number of alkyl halides is 1. The lowest BCUT2D eigenvalue weighted by Crippen LogP contribution is -2.34. The zero-order chi connectivity index (χ0) is 14.3. The average Bonchev–Trinajstić information content (AvgIpc) is 2.39. The van der Waals surface area contributed by atoms with Gasteiger partial charge in [0, 0.05) is 19.0 Å². The lowest BCUT2D eigenvalue weighted by molar-refractivity contribution is 0.253. The smallest absolute Gasteiger partial charge is 0.243 e. The first-order valence-electron chi connectivity index (χ1n) is 6.32. The quantitative estimate of drug-likeness (QED) is 0.746. The molecule has 0 aliphatic carbocycles. The van der Waals surface area contributed by atoms with Gasteiger partial charge in [-0.3, -0.25) is 0 Å². The fraction of sp³-hybridized carbons (Fsp3) is 0.538. The van der Waals surface area contributed by atoms with Crippen LogP contribution >= 0.6 is 11.6 Å². The van der Waals surface area contributed by atoms with Crippen LogP contribution in [0.2, 0.25) is 0 Å². The van der Waals surface area contributed by atoms with Crippen molar-refractivity contribution in [3.8, 4) is 0 Å². The molecule has 19 heavy (non-hydrogen) atoms. The van der Waals surface area contributed by atoms with E-state index in [1.165, 1.54) is 4.31 Å². The van der Waals surface area contributed by atoms with Gasteiger partial charge in [0.15, 0.2) is 0 Å². The Morgan fingerprint density at radius 3 is 2.32 bits per heavy atom. The lowest BCUT2D eigenvalue weighted by atomic mass is 10.2. The largest absolute Gasteiger partial charge is 0.395 e. The zero-order valence-electron chi connectivity index (χ0n) is 11.0. The number of nitrogens with zero attached hydrogens (tertiary/aromatic N) is 1. The molecule has 0 spiro atoms. The predicted octanol–water partition coefficient (Wildman–Crippen LogP) is 1.86. The van der Waals surface area contributed by atoms with Gasteiger partial charge in [0.05, 0.1) is 11.5 Å². The SMILES string of the molecule is CCCN(CCO)S(=O)(=O)c1ccc(CCCl)cc1. The highest BCUT2D eigenvalue weighted by Crippen LogP contribution is 2.17. The Balaban J connectivity index is 2.96. The molecule has 1 aromatic carbocycles. The first-order valence-corrected chi connectivity index (χ1v) is 8.29. The van der Waals surface area contributed by atoms with Gasteiger partial charge in [-0.1, -0.05) is 19.1 Å². The summed E-state index contributed by atoms with van der Waals surface area (Å²) in [6.45, 7) is 2.26. The van der Waals surface area contributed by atoms with Crippen molar-refractivity contribution in [1.29, 1.82) is 0 Å². The second-order valence-corrected chi connectivity index (χ2v) is 6.53. The van der Waals surface area contributed by atoms with Gasteiger partial charge < -0.3 is 5.11 Å². The minimum atomic E-state index is -3.52. The summed E-state index contributed by atoms with van der Waals surface area (Å²) < 4.78 is 26.0. The van der Waals surface area contributed by atoms with E-state index in [4.69, 9.17) is 16.7 Å². The van der Waals surface area contributed by atoms with Gasteiger partial charge in [0.2, 0.25) is 10.0 Å². The molecule has 6 heteroatoms. The maximum atomic E-state index is 12.4. The topological polar surface area (TPSA) is 57.6 Å². The number of aliphatic hydroxyl groups is 1. The van der Waals surface area contributed by atoms with Crippen molar-refractivity contribution in [2.75, 3.05) is 25.6 Å². The molecule has 0 saturated heterocycles. The maximum absolute atomic E-state index is 12.4. The van der Waals surface area contributed by atoms with E-state index < -0.39 is 10.0 Å². The first kappa shape index (κ1) is 16.4. The van der Waals surface area contributed by atoms with Crippen LogP contribution < -0.4 is 0 Å². The number of rotatable bonds is 8. The van der Waals surface area contributed by atoms with E-state index in [2.05, 4.69) is 0 Å². The molecule has 4 nitrogen and oxygen atoms in total. The van der Waals surface area contributed by atoms with Crippen LogP contribution in [0.4, 0.5) is 0 Å². The molecule has 0 unspecified atom stereocenters. The Bertz CT molecular complexity index is 467. The van der Waals surface area contributed by atoms with Crippen LogP contribution in [0.1, 0.15) is 18.9 Å². The summed E-state index contributed by atoms with van der Waals surface area (Å²) in [7, 11) is -3.52. The second-order valence-electron chi connectivity index (χ2n) is 4.21. The molecule has 0 heterocycles. The normalized spacial score (nSPS) is 12.0. The Morgan fingerprint density at radius 2 is 1.84 bits per heavy atom. The third kappa shape index (κ3) is 4.45. The predicted molar refractivity (Wildman–Crippen MR) is 77.0 cm³/mol. The number of aryl methyl sites for hydroxylation is 1. The molecule has 0 atom stereocenters. The third-order valence-corrected chi connectivity index (χ3v) is 4.87. The van der Waals surface area contributed by atoms with Crippen molar-refractivity contribution in [3.63, 3.8) is 0 Å². The molecule has 0 aliphatic rings. The third-order valence-electron chi connectivity index (χ3n) is 2.77. The summed E-state index contributed by atoms with van der Waals surface area (Å²) in [5.41, 5.74) is 1.01. The van der Waals surface area contributed by atoms with E-state index in [0.29, 0.717) is 18.8 Å². The second kappa shape index (κ2) is 7.85. The van der Waals surface area contributed by atoms with E-state index in [9.17, 15) is 8.42 Å². The van der Waals surface area contributed by atoms with Crippen LogP contribution in [-0.4, -0.2) is 43.4 Å². The van der Waals surface area contributed by atoms with E-state index in [1.807, 2.05) is 6.92 Å². The highest BCUT2D eigenvalue weighted by Gasteiger charge is 2.22. The van der Waals surface area contributed by atoms with Crippen molar-refractivity contribution >= 4 is 21.6 Å². The average molecular weight is 306 g/mol. The Kier molecular flexibility index (Phi) is 6.79. The van der Waals surface area contributed by atoms with Crippen molar-refractivity contribution in [1.82, 2.24) is 4.31 Å². The number of halogens is 1. The number of hydrogen-bond donors (Lipinski definition) is 1. The molecule has 1 rings (SSSR count). The van der Waals surface area contributed by atoms with Gasteiger partial charge in [-0.15, -0.1) is 11.6 Å². The van der Waals surface area contributed by atoms with Crippen LogP contribution in [0.15, 0.2) is 29.2 Å². The van der Waals surface area contributed by atoms with E-state index in [1.54, 1.807) is 24.3 Å². The van der Waals surface area contributed by atoms with Crippen molar-refractivity contribution in [2.45, 2.75) is 24.7 Å². The summed E-state index contributed by atoms with van der Waals surface area (Å²) in [5, 5.41) is 8.97. The minimum absolute atomic E-state index is 0.125. The summed E-state index contributed by atoms with van der Waals surface area (Å²) in [6.07, 6.45) is 1.43. The highest BCUT2D eigenvalue weighted by atomic mass is 35.5. The maximum Gasteiger partial charge on any atom is 0.243 e. The number of sulfonamides is 1. The van der Waals surface area contributed by atoms with Crippen LogP contribution in [0.25, 0.3) is 0 Å².